The highest BCUT2D eigenvalue weighted by atomic mass is 16.3. The van der Waals surface area contributed by atoms with Crippen LogP contribution >= 0.6 is 0 Å². The molecule has 0 radical (unpaired) electrons. The van der Waals surface area contributed by atoms with E-state index < -0.39 is 6.10 Å². The Morgan fingerprint density at radius 2 is 2.12 bits per heavy atom. The summed E-state index contributed by atoms with van der Waals surface area (Å²) in [6, 6.07) is 6.15. The third-order valence-electron chi connectivity index (χ3n) is 3.09. The first-order valence-corrected chi connectivity index (χ1v) is 5.79. The summed E-state index contributed by atoms with van der Waals surface area (Å²) < 4.78 is 1.94. The van der Waals surface area contributed by atoms with Gasteiger partial charge in [-0.15, -0.1) is 0 Å². The van der Waals surface area contributed by atoms with E-state index in [-0.39, 0.29) is 0 Å². The van der Waals surface area contributed by atoms with Crippen molar-refractivity contribution in [2.75, 3.05) is 0 Å². The predicted octanol–water partition coefficient (Wildman–Crippen LogP) is 2.31. The molecule has 0 saturated heterocycles. The van der Waals surface area contributed by atoms with E-state index in [0.717, 1.165) is 17.0 Å². The van der Waals surface area contributed by atoms with E-state index in [1.54, 1.807) is 6.20 Å². The Bertz CT molecular complexity index is 517. The van der Waals surface area contributed by atoms with Crippen molar-refractivity contribution in [2.45, 2.75) is 26.4 Å². The fraction of sp³-hybridized carbons (Fsp3) is 0.357. The molecule has 0 spiro atoms. The van der Waals surface area contributed by atoms with Gasteiger partial charge in [0, 0.05) is 25.9 Å². The molecule has 0 amide bonds. The number of benzene rings is 1. The Morgan fingerprint density at radius 3 is 2.76 bits per heavy atom. The van der Waals surface area contributed by atoms with Gasteiger partial charge in [-0.1, -0.05) is 23.8 Å². The fourth-order valence-corrected chi connectivity index (χ4v) is 1.99. The summed E-state index contributed by atoms with van der Waals surface area (Å²) in [5, 5.41) is 10.3. The van der Waals surface area contributed by atoms with E-state index in [1.165, 1.54) is 5.56 Å². The molecule has 1 N–H and O–H groups in total. The minimum absolute atomic E-state index is 0.490. The molecule has 2 aromatic rings. The van der Waals surface area contributed by atoms with Crippen LogP contribution in [-0.4, -0.2) is 14.7 Å². The Morgan fingerprint density at radius 1 is 1.35 bits per heavy atom. The number of imidazole rings is 1. The number of aryl methyl sites for hydroxylation is 3. The van der Waals surface area contributed by atoms with Gasteiger partial charge in [-0.3, -0.25) is 0 Å². The summed E-state index contributed by atoms with van der Waals surface area (Å²) in [5.41, 5.74) is 3.29. The van der Waals surface area contributed by atoms with Gasteiger partial charge in [0.15, 0.2) is 0 Å². The highest BCUT2D eigenvalue weighted by Crippen LogP contribution is 2.22. The first-order chi connectivity index (χ1) is 8.08. The third kappa shape index (κ3) is 2.56. The van der Waals surface area contributed by atoms with Crippen LogP contribution in [0.2, 0.25) is 0 Å². The zero-order valence-electron chi connectivity index (χ0n) is 10.5. The van der Waals surface area contributed by atoms with Crippen LogP contribution in [0.3, 0.4) is 0 Å². The number of hydrogen-bond acceptors (Lipinski definition) is 2. The van der Waals surface area contributed by atoms with Gasteiger partial charge in [0.2, 0.25) is 0 Å². The molecular formula is C14H18N2O. The molecule has 1 unspecified atom stereocenters. The van der Waals surface area contributed by atoms with Crippen LogP contribution in [0, 0.1) is 13.8 Å². The molecule has 0 fully saturated rings. The van der Waals surface area contributed by atoms with Crippen molar-refractivity contribution < 1.29 is 5.11 Å². The number of aliphatic hydroxyl groups is 1. The molecule has 0 saturated carbocycles. The molecule has 3 nitrogen and oxygen atoms in total. The number of aliphatic hydroxyl groups excluding tert-OH is 1. The lowest BCUT2D eigenvalue weighted by Gasteiger charge is -2.14. The SMILES string of the molecule is Cc1ccc(C)c(C(O)Cc2nccn2C)c1. The predicted molar refractivity (Wildman–Crippen MR) is 67.8 cm³/mol. The van der Waals surface area contributed by atoms with Crippen molar-refractivity contribution in [3.63, 3.8) is 0 Å². The largest absolute Gasteiger partial charge is 0.388 e. The van der Waals surface area contributed by atoms with Crippen molar-refractivity contribution in [2.24, 2.45) is 7.05 Å². The summed E-state index contributed by atoms with van der Waals surface area (Å²) in [7, 11) is 1.94. The molecule has 0 bridgehead atoms. The molecule has 1 aromatic carbocycles. The molecule has 3 heteroatoms. The molecule has 1 aromatic heterocycles. The second-order valence-corrected chi connectivity index (χ2v) is 4.53. The minimum atomic E-state index is -0.490. The second kappa shape index (κ2) is 4.72. The van der Waals surface area contributed by atoms with Crippen LogP contribution < -0.4 is 0 Å². The van der Waals surface area contributed by atoms with Crippen LogP contribution in [0.5, 0.6) is 0 Å². The lowest BCUT2D eigenvalue weighted by Crippen LogP contribution is -2.08. The van der Waals surface area contributed by atoms with E-state index in [0.29, 0.717) is 6.42 Å². The van der Waals surface area contributed by atoms with Gasteiger partial charge in [-0.25, -0.2) is 4.98 Å². The maximum Gasteiger partial charge on any atom is 0.111 e. The Balaban J connectivity index is 2.23. The number of rotatable bonds is 3. The first kappa shape index (κ1) is 11.9. The van der Waals surface area contributed by atoms with Crippen LogP contribution in [0.4, 0.5) is 0 Å². The Hall–Kier alpha value is -1.61. The molecule has 90 valence electrons. The zero-order chi connectivity index (χ0) is 12.4. The van der Waals surface area contributed by atoms with Gasteiger partial charge in [-0.2, -0.15) is 0 Å². The van der Waals surface area contributed by atoms with Gasteiger partial charge >= 0.3 is 0 Å². The minimum Gasteiger partial charge on any atom is -0.388 e. The standard InChI is InChI=1S/C14H18N2O/c1-10-4-5-11(2)12(8-10)13(17)9-14-15-6-7-16(14)3/h4-8,13,17H,9H2,1-3H3. The van der Waals surface area contributed by atoms with Crippen LogP contribution in [0.1, 0.15) is 28.6 Å². The van der Waals surface area contributed by atoms with Crippen molar-refractivity contribution in [1.29, 1.82) is 0 Å². The normalized spacial score (nSPS) is 12.7. The molecule has 1 atom stereocenters. The molecule has 1 heterocycles. The number of aromatic nitrogens is 2. The molecule has 2 rings (SSSR count). The highest BCUT2D eigenvalue weighted by Gasteiger charge is 2.13. The lowest BCUT2D eigenvalue weighted by atomic mass is 9.99. The molecule has 17 heavy (non-hydrogen) atoms. The Kier molecular flexibility index (Phi) is 3.29. The number of hydrogen-bond donors (Lipinski definition) is 1. The average molecular weight is 230 g/mol. The zero-order valence-corrected chi connectivity index (χ0v) is 10.5. The van der Waals surface area contributed by atoms with Gasteiger partial charge in [0.05, 0.1) is 6.10 Å². The monoisotopic (exact) mass is 230 g/mol. The molecule has 0 aliphatic rings. The van der Waals surface area contributed by atoms with E-state index in [1.807, 2.05) is 43.8 Å². The topological polar surface area (TPSA) is 38.1 Å². The summed E-state index contributed by atoms with van der Waals surface area (Å²) in [6.45, 7) is 4.06. The quantitative estimate of drug-likeness (QED) is 0.878. The van der Waals surface area contributed by atoms with Crippen molar-refractivity contribution in [3.05, 3.63) is 53.1 Å². The summed E-state index contributed by atoms with van der Waals surface area (Å²) in [4.78, 5) is 4.24. The highest BCUT2D eigenvalue weighted by molar-refractivity contribution is 5.32. The van der Waals surface area contributed by atoms with Crippen LogP contribution in [0.25, 0.3) is 0 Å². The smallest absolute Gasteiger partial charge is 0.111 e. The summed E-state index contributed by atoms with van der Waals surface area (Å²) in [5.74, 6) is 0.901. The maximum atomic E-state index is 10.3. The maximum absolute atomic E-state index is 10.3. The van der Waals surface area contributed by atoms with Gasteiger partial charge in [0.1, 0.15) is 5.82 Å². The molecule has 0 aliphatic heterocycles. The molecule has 0 aliphatic carbocycles. The third-order valence-corrected chi connectivity index (χ3v) is 3.09. The summed E-state index contributed by atoms with van der Waals surface area (Å²) in [6.07, 6.45) is 3.71. The van der Waals surface area contributed by atoms with Gasteiger partial charge in [-0.05, 0) is 25.0 Å². The van der Waals surface area contributed by atoms with Gasteiger partial charge < -0.3 is 9.67 Å². The summed E-state index contributed by atoms with van der Waals surface area (Å²) >= 11 is 0. The van der Waals surface area contributed by atoms with Crippen LogP contribution in [0.15, 0.2) is 30.6 Å². The van der Waals surface area contributed by atoms with E-state index in [4.69, 9.17) is 0 Å². The first-order valence-electron chi connectivity index (χ1n) is 5.79. The van der Waals surface area contributed by atoms with Crippen molar-refractivity contribution in [1.82, 2.24) is 9.55 Å². The van der Waals surface area contributed by atoms with E-state index in [9.17, 15) is 5.11 Å². The van der Waals surface area contributed by atoms with Gasteiger partial charge in [0.25, 0.3) is 0 Å². The second-order valence-electron chi connectivity index (χ2n) is 4.53. The van der Waals surface area contributed by atoms with Crippen molar-refractivity contribution >= 4 is 0 Å². The van der Waals surface area contributed by atoms with Crippen molar-refractivity contribution in [3.8, 4) is 0 Å². The molecular weight excluding hydrogens is 212 g/mol. The number of nitrogens with zero attached hydrogens (tertiary/aromatic N) is 2. The Labute approximate surface area is 102 Å². The lowest BCUT2D eigenvalue weighted by molar-refractivity contribution is 0.174. The van der Waals surface area contributed by atoms with E-state index >= 15 is 0 Å². The average Bonchev–Trinajstić information content (AvgIpc) is 2.68. The van der Waals surface area contributed by atoms with E-state index in [2.05, 4.69) is 11.1 Å². The fourth-order valence-electron chi connectivity index (χ4n) is 1.99. The van der Waals surface area contributed by atoms with Crippen LogP contribution in [-0.2, 0) is 13.5 Å².